The third-order valence-corrected chi connectivity index (χ3v) is 3.64. The molecule has 1 fully saturated rings. The topological polar surface area (TPSA) is 55.8 Å². The minimum atomic E-state index is -0.372. The van der Waals surface area contributed by atoms with Crippen LogP contribution in [-0.4, -0.2) is 49.2 Å². The first-order valence-corrected chi connectivity index (χ1v) is 7.30. The average Bonchev–Trinajstić information content (AvgIpc) is 2.54. The average molecular weight is 303 g/mol. The van der Waals surface area contributed by atoms with Crippen molar-refractivity contribution < 1.29 is 19.1 Å². The Kier molecular flexibility index (Phi) is 5.33. The van der Waals surface area contributed by atoms with Gasteiger partial charge in [0.2, 0.25) is 5.91 Å². The number of nitrogens with zero attached hydrogens (tertiary/aromatic N) is 1. The fourth-order valence-corrected chi connectivity index (χ4v) is 2.32. The summed E-state index contributed by atoms with van der Waals surface area (Å²) in [5.74, 6) is -0.401. The largest absolute Gasteiger partial charge is 0.465 e. The molecule has 0 saturated carbocycles. The molecule has 5 heteroatoms. The zero-order valence-electron chi connectivity index (χ0n) is 13.1. The van der Waals surface area contributed by atoms with Crippen molar-refractivity contribution in [2.24, 2.45) is 0 Å². The minimum absolute atomic E-state index is 0.0281. The summed E-state index contributed by atoms with van der Waals surface area (Å²) in [5, 5.41) is 0. The second-order valence-electron chi connectivity index (χ2n) is 5.43. The normalized spacial score (nSPS) is 21.9. The molecule has 1 aromatic rings. The van der Waals surface area contributed by atoms with Crippen LogP contribution >= 0.6 is 0 Å². The van der Waals surface area contributed by atoms with Crippen molar-refractivity contribution in [1.29, 1.82) is 0 Å². The van der Waals surface area contributed by atoms with Gasteiger partial charge < -0.3 is 14.4 Å². The molecule has 118 valence electrons. The van der Waals surface area contributed by atoms with Crippen molar-refractivity contribution >= 4 is 18.0 Å². The number of morpholine rings is 1. The molecular formula is C17H21NO4. The quantitative estimate of drug-likeness (QED) is 0.634. The lowest BCUT2D eigenvalue weighted by Gasteiger charge is -2.36. The molecule has 22 heavy (non-hydrogen) atoms. The molecule has 0 radical (unpaired) electrons. The van der Waals surface area contributed by atoms with E-state index in [9.17, 15) is 9.59 Å². The van der Waals surface area contributed by atoms with Crippen LogP contribution in [-0.2, 0) is 14.3 Å². The maximum absolute atomic E-state index is 12.3. The molecule has 0 spiro atoms. The molecule has 2 rings (SSSR count). The van der Waals surface area contributed by atoms with E-state index in [2.05, 4.69) is 4.74 Å². The second-order valence-corrected chi connectivity index (χ2v) is 5.43. The highest BCUT2D eigenvalue weighted by atomic mass is 16.5. The van der Waals surface area contributed by atoms with Crippen LogP contribution in [0.25, 0.3) is 6.08 Å². The SMILES string of the molecule is COC(=O)c1ccc(/C=C/C(=O)N2CC(C)OCC2C)cc1. The standard InChI is InChI=1S/C17H21NO4/c1-12-11-22-13(2)10-18(12)16(19)9-6-14-4-7-15(8-5-14)17(20)21-3/h4-9,12-13H,10-11H2,1-3H3/b9-6+. The van der Waals surface area contributed by atoms with E-state index in [0.29, 0.717) is 18.7 Å². The van der Waals surface area contributed by atoms with Gasteiger partial charge in [-0.25, -0.2) is 4.79 Å². The summed E-state index contributed by atoms with van der Waals surface area (Å²) in [7, 11) is 1.35. The molecule has 2 unspecified atom stereocenters. The molecule has 1 heterocycles. The van der Waals surface area contributed by atoms with Gasteiger partial charge in [-0.2, -0.15) is 0 Å². The minimum Gasteiger partial charge on any atom is -0.465 e. The fourth-order valence-electron chi connectivity index (χ4n) is 2.32. The highest BCUT2D eigenvalue weighted by molar-refractivity contribution is 5.92. The third-order valence-electron chi connectivity index (χ3n) is 3.64. The molecule has 0 aromatic heterocycles. The predicted molar refractivity (Wildman–Crippen MR) is 83.4 cm³/mol. The van der Waals surface area contributed by atoms with Crippen molar-refractivity contribution in [2.75, 3.05) is 20.3 Å². The number of hydrogen-bond acceptors (Lipinski definition) is 4. The Hall–Kier alpha value is -2.14. The number of methoxy groups -OCH3 is 1. The summed E-state index contributed by atoms with van der Waals surface area (Å²) in [4.78, 5) is 25.4. The van der Waals surface area contributed by atoms with Crippen LogP contribution < -0.4 is 0 Å². The van der Waals surface area contributed by atoms with Crippen LogP contribution in [0.1, 0.15) is 29.8 Å². The predicted octanol–water partition coefficient (Wildman–Crippen LogP) is 2.12. The molecule has 0 bridgehead atoms. The number of esters is 1. The number of ether oxygens (including phenoxy) is 2. The summed E-state index contributed by atoms with van der Waals surface area (Å²) in [6, 6.07) is 6.99. The maximum atomic E-state index is 12.3. The maximum Gasteiger partial charge on any atom is 0.337 e. The van der Waals surface area contributed by atoms with E-state index >= 15 is 0 Å². The summed E-state index contributed by atoms with van der Waals surface area (Å²) in [5.41, 5.74) is 1.34. The van der Waals surface area contributed by atoms with E-state index in [1.54, 1.807) is 36.4 Å². The summed E-state index contributed by atoms with van der Waals surface area (Å²) < 4.78 is 10.2. The Balaban J connectivity index is 2.01. The van der Waals surface area contributed by atoms with Gasteiger partial charge in [-0.05, 0) is 37.6 Å². The van der Waals surface area contributed by atoms with Gasteiger partial charge in [0.05, 0.1) is 31.4 Å². The first-order valence-electron chi connectivity index (χ1n) is 7.30. The molecule has 1 aliphatic heterocycles. The van der Waals surface area contributed by atoms with Gasteiger partial charge in [0, 0.05) is 12.6 Å². The van der Waals surface area contributed by atoms with Crippen molar-refractivity contribution in [3.8, 4) is 0 Å². The van der Waals surface area contributed by atoms with E-state index in [-0.39, 0.29) is 24.0 Å². The highest BCUT2D eigenvalue weighted by Crippen LogP contribution is 2.13. The molecule has 1 amide bonds. The van der Waals surface area contributed by atoms with Crippen LogP contribution in [0, 0.1) is 0 Å². The molecule has 1 aromatic carbocycles. The van der Waals surface area contributed by atoms with Crippen LogP contribution in [0.5, 0.6) is 0 Å². The lowest BCUT2D eigenvalue weighted by Crippen LogP contribution is -2.49. The zero-order valence-corrected chi connectivity index (χ0v) is 13.1. The van der Waals surface area contributed by atoms with Crippen LogP contribution in [0.4, 0.5) is 0 Å². The van der Waals surface area contributed by atoms with E-state index in [4.69, 9.17) is 4.74 Å². The van der Waals surface area contributed by atoms with Crippen molar-refractivity contribution in [1.82, 2.24) is 4.90 Å². The summed E-state index contributed by atoms with van der Waals surface area (Å²) in [6.45, 7) is 5.10. The molecule has 0 N–H and O–H groups in total. The Labute approximate surface area is 130 Å². The molecule has 2 atom stereocenters. The van der Waals surface area contributed by atoms with E-state index in [1.807, 2.05) is 18.7 Å². The van der Waals surface area contributed by atoms with Crippen molar-refractivity contribution in [3.63, 3.8) is 0 Å². The smallest absolute Gasteiger partial charge is 0.337 e. The van der Waals surface area contributed by atoms with E-state index in [1.165, 1.54) is 7.11 Å². The summed E-state index contributed by atoms with van der Waals surface area (Å²) in [6.07, 6.45) is 3.37. The van der Waals surface area contributed by atoms with Gasteiger partial charge >= 0.3 is 5.97 Å². The van der Waals surface area contributed by atoms with Crippen LogP contribution in [0.15, 0.2) is 30.3 Å². The van der Waals surface area contributed by atoms with Crippen LogP contribution in [0.2, 0.25) is 0 Å². The Morgan fingerprint density at radius 2 is 1.95 bits per heavy atom. The lowest BCUT2D eigenvalue weighted by atomic mass is 10.1. The van der Waals surface area contributed by atoms with Gasteiger partial charge in [-0.15, -0.1) is 0 Å². The van der Waals surface area contributed by atoms with E-state index in [0.717, 1.165) is 5.56 Å². The fraction of sp³-hybridized carbons (Fsp3) is 0.412. The second kappa shape index (κ2) is 7.22. The number of rotatable bonds is 3. The van der Waals surface area contributed by atoms with E-state index < -0.39 is 0 Å². The monoisotopic (exact) mass is 303 g/mol. The van der Waals surface area contributed by atoms with Gasteiger partial charge in [0.1, 0.15) is 0 Å². The third kappa shape index (κ3) is 3.95. The van der Waals surface area contributed by atoms with Crippen molar-refractivity contribution in [3.05, 3.63) is 41.5 Å². The first-order chi connectivity index (χ1) is 10.5. The Morgan fingerprint density at radius 3 is 2.59 bits per heavy atom. The number of carbonyl (C=O) groups is 2. The molecular weight excluding hydrogens is 282 g/mol. The molecule has 1 aliphatic rings. The van der Waals surface area contributed by atoms with Gasteiger partial charge in [-0.3, -0.25) is 4.79 Å². The van der Waals surface area contributed by atoms with Crippen molar-refractivity contribution in [2.45, 2.75) is 26.0 Å². The number of carbonyl (C=O) groups excluding carboxylic acids is 2. The molecule has 5 nitrogen and oxygen atoms in total. The van der Waals surface area contributed by atoms with Gasteiger partial charge in [0.25, 0.3) is 0 Å². The highest BCUT2D eigenvalue weighted by Gasteiger charge is 2.25. The number of amides is 1. The molecule has 0 aliphatic carbocycles. The molecule has 1 saturated heterocycles. The number of hydrogen-bond donors (Lipinski definition) is 0. The lowest BCUT2D eigenvalue weighted by molar-refractivity contribution is -0.137. The van der Waals surface area contributed by atoms with Gasteiger partial charge in [0.15, 0.2) is 0 Å². The van der Waals surface area contributed by atoms with Crippen LogP contribution in [0.3, 0.4) is 0 Å². The Morgan fingerprint density at radius 1 is 1.27 bits per heavy atom. The zero-order chi connectivity index (χ0) is 16.1. The number of benzene rings is 1. The first kappa shape index (κ1) is 16.2. The van der Waals surface area contributed by atoms with Gasteiger partial charge in [-0.1, -0.05) is 12.1 Å². The summed E-state index contributed by atoms with van der Waals surface area (Å²) >= 11 is 0. The Bertz CT molecular complexity index is 565.